The van der Waals surface area contributed by atoms with Gasteiger partial charge in [-0.1, -0.05) is 24.3 Å². The van der Waals surface area contributed by atoms with Crippen LogP contribution in [0.3, 0.4) is 0 Å². The van der Waals surface area contributed by atoms with Gasteiger partial charge in [-0.2, -0.15) is 0 Å². The molecule has 0 aliphatic carbocycles. The molecule has 0 unspecified atom stereocenters. The zero-order valence-corrected chi connectivity index (χ0v) is 16.1. The van der Waals surface area contributed by atoms with E-state index in [0.29, 0.717) is 17.2 Å². The SMILES string of the molecule is C[C@@H](CO)N[C@@H](CC1CCNCC1)c1ccc(F)c(Oc2ccccc2)c1F. The van der Waals surface area contributed by atoms with Gasteiger partial charge in [0.15, 0.2) is 17.4 Å². The van der Waals surface area contributed by atoms with Crippen LogP contribution in [0.4, 0.5) is 8.78 Å². The van der Waals surface area contributed by atoms with Crippen molar-refractivity contribution >= 4 is 0 Å². The van der Waals surface area contributed by atoms with Crippen molar-refractivity contribution in [3.8, 4) is 11.5 Å². The molecule has 28 heavy (non-hydrogen) atoms. The Morgan fingerprint density at radius 2 is 1.86 bits per heavy atom. The number of nitrogens with one attached hydrogen (secondary N) is 2. The number of aliphatic hydroxyl groups is 1. The first kappa shape index (κ1) is 20.7. The van der Waals surface area contributed by atoms with Crippen LogP contribution in [0.15, 0.2) is 42.5 Å². The fourth-order valence-corrected chi connectivity index (χ4v) is 3.65. The van der Waals surface area contributed by atoms with E-state index >= 15 is 4.39 Å². The van der Waals surface area contributed by atoms with Gasteiger partial charge in [0.1, 0.15) is 5.75 Å². The molecule has 2 atom stereocenters. The van der Waals surface area contributed by atoms with E-state index in [-0.39, 0.29) is 18.7 Å². The lowest BCUT2D eigenvalue weighted by Gasteiger charge is -2.30. The maximum absolute atomic E-state index is 15.3. The second kappa shape index (κ2) is 9.96. The summed E-state index contributed by atoms with van der Waals surface area (Å²) in [6.07, 6.45) is 2.75. The van der Waals surface area contributed by atoms with Crippen molar-refractivity contribution in [1.29, 1.82) is 0 Å². The predicted octanol–water partition coefficient (Wildman–Crippen LogP) is 4.16. The van der Waals surface area contributed by atoms with E-state index in [1.54, 1.807) is 24.3 Å². The minimum Gasteiger partial charge on any atom is -0.451 e. The molecule has 0 saturated carbocycles. The van der Waals surface area contributed by atoms with Crippen LogP contribution in [0.25, 0.3) is 0 Å². The highest BCUT2D eigenvalue weighted by atomic mass is 19.1. The Bertz CT molecular complexity index is 752. The van der Waals surface area contributed by atoms with Gasteiger partial charge in [-0.25, -0.2) is 8.78 Å². The molecule has 1 saturated heterocycles. The number of ether oxygens (including phenoxy) is 1. The second-order valence-electron chi connectivity index (χ2n) is 7.43. The summed E-state index contributed by atoms with van der Waals surface area (Å²) >= 11 is 0. The molecule has 1 heterocycles. The number of hydrogen-bond acceptors (Lipinski definition) is 4. The lowest BCUT2D eigenvalue weighted by Crippen LogP contribution is -2.36. The first-order chi connectivity index (χ1) is 13.6. The van der Waals surface area contributed by atoms with Crippen molar-refractivity contribution in [2.24, 2.45) is 5.92 Å². The minimum atomic E-state index is -0.735. The highest BCUT2D eigenvalue weighted by Gasteiger charge is 2.26. The Kier molecular flexibility index (Phi) is 7.36. The number of aliphatic hydroxyl groups excluding tert-OH is 1. The summed E-state index contributed by atoms with van der Waals surface area (Å²) in [5, 5.41) is 16.1. The normalized spacial score (nSPS) is 17.3. The Morgan fingerprint density at radius 1 is 1.14 bits per heavy atom. The Hall–Kier alpha value is -2.02. The summed E-state index contributed by atoms with van der Waals surface area (Å²) in [7, 11) is 0. The van der Waals surface area contributed by atoms with E-state index < -0.39 is 17.4 Å². The van der Waals surface area contributed by atoms with Crippen molar-refractivity contribution in [2.45, 2.75) is 38.3 Å². The Morgan fingerprint density at radius 3 is 2.54 bits per heavy atom. The van der Waals surface area contributed by atoms with Gasteiger partial charge >= 0.3 is 0 Å². The second-order valence-corrected chi connectivity index (χ2v) is 7.43. The van der Waals surface area contributed by atoms with Gasteiger partial charge in [0.05, 0.1) is 6.61 Å². The van der Waals surface area contributed by atoms with Crippen LogP contribution >= 0.6 is 0 Å². The molecule has 1 aliphatic heterocycles. The van der Waals surface area contributed by atoms with Crippen molar-refractivity contribution < 1.29 is 18.6 Å². The summed E-state index contributed by atoms with van der Waals surface area (Å²) in [5.74, 6) is -1.00. The molecule has 2 aromatic carbocycles. The van der Waals surface area contributed by atoms with Crippen molar-refractivity contribution in [3.05, 3.63) is 59.7 Å². The molecule has 1 fully saturated rings. The van der Waals surface area contributed by atoms with Gasteiger partial charge in [-0.3, -0.25) is 0 Å². The maximum Gasteiger partial charge on any atom is 0.198 e. The molecule has 0 amide bonds. The Balaban J connectivity index is 1.88. The molecule has 2 aromatic rings. The van der Waals surface area contributed by atoms with Gasteiger partial charge in [-0.05, 0) is 63.4 Å². The zero-order valence-electron chi connectivity index (χ0n) is 16.1. The van der Waals surface area contributed by atoms with Crippen LogP contribution in [0, 0.1) is 17.6 Å². The summed E-state index contributed by atoms with van der Waals surface area (Å²) in [4.78, 5) is 0. The smallest absolute Gasteiger partial charge is 0.198 e. The molecular formula is C22H28F2N2O2. The third kappa shape index (κ3) is 5.28. The molecular weight excluding hydrogens is 362 g/mol. The maximum atomic E-state index is 15.3. The molecule has 3 rings (SSSR count). The van der Waals surface area contributed by atoms with Gasteiger partial charge in [0, 0.05) is 17.6 Å². The molecule has 0 radical (unpaired) electrons. The van der Waals surface area contributed by atoms with Crippen LogP contribution in [0.2, 0.25) is 0 Å². The lowest BCUT2D eigenvalue weighted by atomic mass is 9.87. The molecule has 6 heteroatoms. The topological polar surface area (TPSA) is 53.5 Å². The highest BCUT2D eigenvalue weighted by molar-refractivity contribution is 5.38. The molecule has 0 spiro atoms. The van der Waals surface area contributed by atoms with Crippen LogP contribution in [-0.4, -0.2) is 30.8 Å². The lowest BCUT2D eigenvalue weighted by molar-refractivity contribution is 0.224. The molecule has 3 N–H and O–H groups in total. The number of piperidine rings is 1. The summed E-state index contributed by atoms with van der Waals surface area (Å²) < 4.78 is 35.1. The number of benzene rings is 2. The largest absolute Gasteiger partial charge is 0.451 e. The molecule has 0 aromatic heterocycles. The van der Waals surface area contributed by atoms with E-state index in [2.05, 4.69) is 10.6 Å². The van der Waals surface area contributed by atoms with Gasteiger partial charge in [0.2, 0.25) is 0 Å². The zero-order chi connectivity index (χ0) is 19.9. The van der Waals surface area contributed by atoms with Crippen LogP contribution in [0.1, 0.15) is 37.8 Å². The molecule has 152 valence electrons. The van der Waals surface area contributed by atoms with Crippen LogP contribution in [0.5, 0.6) is 11.5 Å². The van der Waals surface area contributed by atoms with Crippen LogP contribution < -0.4 is 15.4 Å². The third-order valence-corrected chi connectivity index (χ3v) is 5.20. The van der Waals surface area contributed by atoms with Crippen molar-refractivity contribution in [3.63, 3.8) is 0 Å². The van der Waals surface area contributed by atoms with E-state index in [0.717, 1.165) is 32.4 Å². The summed E-state index contributed by atoms with van der Waals surface area (Å²) in [6.45, 7) is 3.68. The van der Waals surface area contributed by atoms with E-state index in [9.17, 15) is 9.50 Å². The van der Waals surface area contributed by atoms with E-state index in [1.165, 1.54) is 12.1 Å². The first-order valence-corrected chi connectivity index (χ1v) is 9.87. The average molecular weight is 390 g/mol. The van der Waals surface area contributed by atoms with Gasteiger partial charge in [0.25, 0.3) is 0 Å². The number of para-hydroxylation sites is 1. The Labute approximate surface area is 164 Å². The fraction of sp³-hybridized carbons (Fsp3) is 0.455. The van der Waals surface area contributed by atoms with Gasteiger partial charge in [-0.15, -0.1) is 0 Å². The van der Waals surface area contributed by atoms with E-state index in [4.69, 9.17) is 4.74 Å². The average Bonchev–Trinajstić information content (AvgIpc) is 2.72. The van der Waals surface area contributed by atoms with E-state index in [1.807, 2.05) is 13.0 Å². The molecule has 0 bridgehead atoms. The summed E-state index contributed by atoms with van der Waals surface area (Å²) in [5.41, 5.74) is 0.367. The standard InChI is InChI=1S/C22H28F2N2O2/c1-15(14-27)26-20(13-16-9-11-25-12-10-16)18-7-8-19(23)22(21(18)24)28-17-5-3-2-4-6-17/h2-8,15-16,20,25-27H,9-14H2,1H3/t15-,20-/m0/s1. The third-order valence-electron chi connectivity index (χ3n) is 5.20. The number of halogens is 2. The predicted molar refractivity (Wildman–Crippen MR) is 106 cm³/mol. The van der Waals surface area contributed by atoms with Crippen LogP contribution in [-0.2, 0) is 0 Å². The number of rotatable bonds is 8. The first-order valence-electron chi connectivity index (χ1n) is 9.87. The fourth-order valence-electron chi connectivity index (χ4n) is 3.65. The molecule has 4 nitrogen and oxygen atoms in total. The number of hydrogen-bond donors (Lipinski definition) is 3. The van der Waals surface area contributed by atoms with Crippen molar-refractivity contribution in [1.82, 2.24) is 10.6 Å². The quantitative estimate of drug-likeness (QED) is 0.634. The molecule has 1 aliphatic rings. The van der Waals surface area contributed by atoms with Crippen molar-refractivity contribution in [2.75, 3.05) is 19.7 Å². The summed E-state index contributed by atoms with van der Waals surface area (Å²) in [6, 6.07) is 10.8. The minimum absolute atomic E-state index is 0.0566. The van der Waals surface area contributed by atoms with Gasteiger partial charge < -0.3 is 20.5 Å². The monoisotopic (exact) mass is 390 g/mol. The highest BCUT2D eigenvalue weighted by Crippen LogP contribution is 2.35.